The highest BCUT2D eigenvalue weighted by Crippen LogP contribution is 2.34. The molecule has 0 aromatic carbocycles. The second-order valence-electron chi connectivity index (χ2n) is 6.06. The molecule has 0 spiro atoms. The number of hydrogen-bond acceptors (Lipinski definition) is 2. The van der Waals surface area contributed by atoms with Gasteiger partial charge in [0.05, 0.1) is 18.2 Å². The summed E-state index contributed by atoms with van der Waals surface area (Å²) >= 11 is 0. The Kier molecular flexibility index (Phi) is 3.24. The molecule has 2 atom stereocenters. The zero-order chi connectivity index (χ0) is 15.4. The molecule has 0 saturated heterocycles. The topological polar surface area (TPSA) is 38.0 Å². The van der Waals surface area contributed by atoms with Gasteiger partial charge in [-0.15, -0.1) is 0 Å². The normalized spacial score (nSPS) is 22.8. The number of aliphatic hydroxyl groups excluding tert-OH is 1. The van der Waals surface area contributed by atoms with Crippen molar-refractivity contribution >= 4 is 11.0 Å². The van der Waals surface area contributed by atoms with Crippen LogP contribution in [0.3, 0.4) is 0 Å². The van der Waals surface area contributed by atoms with Gasteiger partial charge in [0, 0.05) is 17.3 Å². The Hall–Kier alpha value is -1.56. The summed E-state index contributed by atoms with van der Waals surface area (Å²) < 4.78 is 40.1. The van der Waals surface area contributed by atoms with Crippen LogP contribution in [0.25, 0.3) is 11.0 Å². The summed E-state index contributed by atoms with van der Waals surface area (Å²) in [5.74, 6) is 0.453. The summed E-state index contributed by atoms with van der Waals surface area (Å²) in [6.45, 7) is 4.48. The highest BCUT2D eigenvalue weighted by molar-refractivity contribution is 5.78. The lowest BCUT2D eigenvalue weighted by molar-refractivity contribution is -0.137. The summed E-state index contributed by atoms with van der Waals surface area (Å²) in [7, 11) is 0. The molecule has 0 bridgehead atoms. The van der Waals surface area contributed by atoms with Crippen molar-refractivity contribution < 1.29 is 18.3 Å². The number of aromatic nitrogens is 2. The minimum atomic E-state index is -4.39. The lowest BCUT2D eigenvalue weighted by Crippen LogP contribution is -2.36. The third-order valence-electron chi connectivity index (χ3n) is 4.31. The lowest BCUT2D eigenvalue weighted by atomic mass is 9.84. The first-order valence-electron chi connectivity index (χ1n) is 7.01. The van der Waals surface area contributed by atoms with Crippen molar-refractivity contribution in [2.75, 3.05) is 0 Å². The van der Waals surface area contributed by atoms with Gasteiger partial charge in [0.1, 0.15) is 5.65 Å². The molecule has 1 N–H and O–H groups in total. The Morgan fingerprint density at radius 3 is 2.67 bits per heavy atom. The molecule has 21 heavy (non-hydrogen) atoms. The van der Waals surface area contributed by atoms with Crippen LogP contribution in [0.5, 0.6) is 0 Å². The number of halogens is 3. The zero-order valence-electron chi connectivity index (χ0n) is 11.9. The predicted molar refractivity (Wildman–Crippen MR) is 72.8 cm³/mol. The smallest absolute Gasteiger partial charge is 0.391 e. The maximum atomic E-state index is 12.7. The molecule has 2 unspecified atom stereocenters. The molecular weight excluding hydrogens is 281 g/mol. The Balaban J connectivity index is 2.07. The average Bonchev–Trinajstić information content (AvgIpc) is 2.73. The second-order valence-corrected chi connectivity index (χ2v) is 6.06. The van der Waals surface area contributed by atoms with Crippen molar-refractivity contribution in [2.45, 2.75) is 39.1 Å². The summed E-state index contributed by atoms with van der Waals surface area (Å²) in [4.78, 5) is 3.96. The average molecular weight is 298 g/mol. The molecule has 0 fully saturated rings. The Morgan fingerprint density at radius 2 is 2.05 bits per heavy atom. The molecule has 0 radical (unpaired) electrons. The number of rotatable bonds is 1. The van der Waals surface area contributed by atoms with Gasteiger partial charge in [0.2, 0.25) is 0 Å². The van der Waals surface area contributed by atoms with E-state index in [0.29, 0.717) is 29.9 Å². The van der Waals surface area contributed by atoms with Crippen molar-refractivity contribution in [1.29, 1.82) is 0 Å². The zero-order valence-corrected chi connectivity index (χ0v) is 11.9. The molecule has 1 aliphatic rings. The third-order valence-corrected chi connectivity index (χ3v) is 4.31. The van der Waals surface area contributed by atoms with Crippen LogP contribution in [0.15, 0.2) is 18.3 Å². The van der Waals surface area contributed by atoms with Crippen LogP contribution in [0, 0.1) is 11.8 Å². The Labute approximate surface area is 120 Å². The van der Waals surface area contributed by atoms with Crippen LogP contribution < -0.4 is 0 Å². The van der Waals surface area contributed by atoms with Crippen LogP contribution in [0.1, 0.15) is 25.1 Å². The number of alkyl halides is 3. The van der Waals surface area contributed by atoms with Gasteiger partial charge in [-0.1, -0.05) is 13.8 Å². The molecule has 0 saturated carbocycles. The van der Waals surface area contributed by atoms with Crippen molar-refractivity contribution in [3.05, 3.63) is 29.6 Å². The lowest BCUT2D eigenvalue weighted by Gasteiger charge is -2.32. The van der Waals surface area contributed by atoms with E-state index >= 15 is 0 Å². The van der Waals surface area contributed by atoms with Gasteiger partial charge in [-0.3, -0.25) is 0 Å². The van der Waals surface area contributed by atoms with E-state index in [1.54, 1.807) is 6.07 Å². The quantitative estimate of drug-likeness (QED) is 0.877. The summed E-state index contributed by atoms with van der Waals surface area (Å²) in [5.41, 5.74) is 0.721. The van der Waals surface area contributed by atoms with Gasteiger partial charge in [-0.05, 0) is 30.4 Å². The van der Waals surface area contributed by atoms with Crippen LogP contribution in [-0.2, 0) is 19.1 Å². The van der Waals surface area contributed by atoms with E-state index in [2.05, 4.69) is 4.98 Å². The molecule has 2 aromatic heterocycles. The SMILES string of the molecule is CC(C)C1Cc2cc3cc(C(F)(F)F)cnc3n2CC1O. The molecule has 1 aliphatic heterocycles. The number of aliphatic hydroxyl groups is 1. The van der Waals surface area contributed by atoms with Crippen LogP contribution in [0.2, 0.25) is 0 Å². The van der Waals surface area contributed by atoms with Gasteiger partial charge in [-0.2, -0.15) is 13.2 Å². The van der Waals surface area contributed by atoms with E-state index in [1.807, 2.05) is 18.4 Å². The molecule has 6 heteroatoms. The van der Waals surface area contributed by atoms with E-state index in [9.17, 15) is 18.3 Å². The first-order valence-corrected chi connectivity index (χ1v) is 7.01. The number of nitrogens with zero attached hydrogens (tertiary/aromatic N) is 2. The van der Waals surface area contributed by atoms with E-state index in [4.69, 9.17) is 0 Å². The van der Waals surface area contributed by atoms with Crippen molar-refractivity contribution in [2.24, 2.45) is 11.8 Å². The molecule has 3 nitrogen and oxygen atoms in total. The molecular formula is C15H17F3N2O. The monoisotopic (exact) mass is 298 g/mol. The first-order chi connectivity index (χ1) is 9.77. The maximum Gasteiger partial charge on any atom is 0.417 e. The van der Waals surface area contributed by atoms with Gasteiger partial charge >= 0.3 is 6.18 Å². The van der Waals surface area contributed by atoms with E-state index in [0.717, 1.165) is 18.0 Å². The molecule has 2 aromatic rings. The summed E-state index contributed by atoms with van der Waals surface area (Å²) in [6.07, 6.45) is -3.35. The number of fused-ring (bicyclic) bond motifs is 3. The van der Waals surface area contributed by atoms with Crippen LogP contribution in [-0.4, -0.2) is 20.8 Å². The number of pyridine rings is 1. The van der Waals surface area contributed by atoms with E-state index in [1.165, 1.54) is 0 Å². The first kappa shape index (κ1) is 14.4. The minimum Gasteiger partial charge on any atom is -0.391 e. The predicted octanol–water partition coefficient (Wildman–Crippen LogP) is 3.24. The molecule has 0 amide bonds. The van der Waals surface area contributed by atoms with Gasteiger partial charge in [-0.25, -0.2) is 4.98 Å². The van der Waals surface area contributed by atoms with Gasteiger partial charge in [0.15, 0.2) is 0 Å². The van der Waals surface area contributed by atoms with Gasteiger partial charge < -0.3 is 9.67 Å². The van der Waals surface area contributed by atoms with Crippen molar-refractivity contribution in [3.63, 3.8) is 0 Å². The highest BCUT2D eigenvalue weighted by atomic mass is 19.4. The van der Waals surface area contributed by atoms with E-state index in [-0.39, 0.29) is 5.92 Å². The Bertz CT molecular complexity index is 675. The molecule has 3 rings (SSSR count). The summed E-state index contributed by atoms with van der Waals surface area (Å²) in [5, 5.41) is 10.7. The Morgan fingerprint density at radius 1 is 1.33 bits per heavy atom. The minimum absolute atomic E-state index is 0.129. The third kappa shape index (κ3) is 2.41. The van der Waals surface area contributed by atoms with Crippen molar-refractivity contribution in [1.82, 2.24) is 9.55 Å². The van der Waals surface area contributed by atoms with Crippen molar-refractivity contribution in [3.8, 4) is 0 Å². The van der Waals surface area contributed by atoms with Gasteiger partial charge in [0.25, 0.3) is 0 Å². The standard InChI is InChI=1S/C15H17F3N2O/c1-8(2)12-5-11-4-9-3-10(15(16,17)18)6-19-14(9)20(11)7-13(12)21/h3-4,6,8,12-13,21H,5,7H2,1-2H3. The van der Waals surface area contributed by atoms with E-state index < -0.39 is 17.8 Å². The fourth-order valence-electron chi connectivity index (χ4n) is 3.11. The largest absolute Gasteiger partial charge is 0.417 e. The van der Waals surface area contributed by atoms with Crippen LogP contribution >= 0.6 is 0 Å². The summed E-state index contributed by atoms with van der Waals surface area (Å²) in [6, 6.07) is 2.89. The maximum absolute atomic E-state index is 12.7. The number of hydrogen-bond donors (Lipinski definition) is 1. The molecule has 114 valence electrons. The second kappa shape index (κ2) is 4.73. The highest BCUT2D eigenvalue weighted by Gasteiger charge is 2.33. The molecule has 3 heterocycles. The fourth-order valence-corrected chi connectivity index (χ4v) is 3.11. The van der Waals surface area contributed by atoms with Crippen LogP contribution in [0.4, 0.5) is 13.2 Å². The molecule has 0 aliphatic carbocycles. The fraction of sp³-hybridized carbons (Fsp3) is 0.533.